The first-order valence-corrected chi connectivity index (χ1v) is 10.7. The van der Waals surface area contributed by atoms with Crippen LogP contribution < -0.4 is 16.0 Å². The Morgan fingerprint density at radius 1 is 0.969 bits per heavy atom. The highest BCUT2D eigenvalue weighted by Crippen LogP contribution is 2.44. The second-order valence-electron chi connectivity index (χ2n) is 7.74. The van der Waals surface area contributed by atoms with Gasteiger partial charge < -0.3 is 25.4 Å². The fourth-order valence-corrected chi connectivity index (χ4v) is 3.74. The third kappa shape index (κ3) is 5.38. The molecule has 0 aliphatic heterocycles. The molecule has 0 bridgehead atoms. The van der Waals surface area contributed by atoms with E-state index in [0.29, 0.717) is 6.42 Å². The van der Waals surface area contributed by atoms with Crippen LogP contribution in [0.1, 0.15) is 37.3 Å². The van der Waals surface area contributed by atoms with Crippen molar-refractivity contribution in [2.45, 2.75) is 32.4 Å². The molecule has 0 saturated carbocycles. The molecule has 0 fully saturated rings. The molecule has 3 N–H and O–H groups in total. The molecule has 3 amide bonds. The molecule has 170 valence electrons. The lowest BCUT2D eigenvalue weighted by molar-refractivity contribution is -0.139. The van der Waals surface area contributed by atoms with Gasteiger partial charge >= 0.3 is 18.1 Å². The van der Waals surface area contributed by atoms with Gasteiger partial charge in [0.15, 0.2) is 0 Å². The van der Waals surface area contributed by atoms with E-state index in [1.54, 1.807) is 0 Å². The van der Waals surface area contributed by atoms with Gasteiger partial charge in [-0.15, -0.1) is 0 Å². The maximum atomic E-state index is 12.6. The van der Waals surface area contributed by atoms with Crippen LogP contribution in [0, 0.1) is 5.92 Å². The summed E-state index contributed by atoms with van der Waals surface area (Å²) in [6.07, 6.45) is -0.565. The largest absolute Gasteiger partial charge is 0.468 e. The molecule has 0 spiro atoms. The minimum Gasteiger partial charge on any atom is -0.468 e. The van der Waals surface area contributed by atoms with Crippen molar-refractivity contribution in [2.75, 3.05) is 20.3 Å². The number of esters is 1. The van der Waals surface area contributed by atoms with Crippen LogP contribution in [0.15, 0.2) is 48.5 Å². The first-order chi connectivity index (χ1) is 15.4. The number of nitrogens with one attached hydrogen (secondary N) is 3. The van der Waals surface area contributed by atoms with Gasteiger partial charge in [0, 0.05) is 5.92 Å². The lowest BCUT2D eigenvalue weighted by atomic mass is 9.98. The second kappa shape index (κ2) is 10.7. The number of carbonyl (C=O) groups is 3. The normalized spacial score (nSPS) is 13.8. The quantitative estimate of drug-likeness (QED) is 0.432. The van der Waals surface area contributed by atoms with Crippen molar-refractivity contribution in [2.24, 2.45) is 5.92 Å². The predicted molar refractivity (Wildman–Crippen MR) is 120 cm³/mol. The van der Waals surface area contributed by atoms with Crippen LogP contribution in [-0.4, -0.2) is 44.5 Å². The third-order valence-corrected chi connectivity index (χ3v) is 5.74. The summed E-state index contributed by atoms with van der Waals surface area (Å²) in [6, 6.07) is 15.6. The molecule has 0 heterocycles. The number of hydrogen-bond acceptors (Lipinski definition) is 5. The molecular formula is C24H29N3O5. The minimum atomic E-state index is -0.659. The molecule has 0 unspecified atom stereocenters. The highest BCUT2D eigenvalue weighted by Gasteiger charge is 2.29. The fraction of sp³-hybridized carbons (Fsp3) is 0.375. The number of benzene rings is 2. The lowest BCUT2D eigenvalue weighted by Crippen LogP contribution is -2.54. The van der Waals surface area contributed by atoms with Crippen LogP contribution in [0.25, 0.3) is 11.1 Å². The smallest absolute Gasteiger partial charge is 0.408 e. The Labute approximate surface area is 187 Å². The second-order valence-corrected chi connectivity index (χ2v) is 7.74. The van der Waals surface area contributed by atoms with E-state index in [-0.39, 0.29) is 25.0 Å². The highest BCUT2D eigenvalue weighted by molar-refractivity contribution is 5.81. The van der Waals surface area contributed by atoms with Gasteiger partial charge in [0.2, 0.25) is 0 Å². The van der Waals surface area contributed by atoms with Gasteiger partial charge in [-0.3, -0.25) is 4.79 Å². The molecule has 0 saturated heterocycles. The van der Waals surface area contributed by atoms with Crippen molar-refractivity contribution < 1.29 is 23.9 Å². The zero-order valence-corrected chi connectivity index (χ0v) is 18.5. The van der Waals surface area contributed by atoms with Crippen molar-refractivity contribution >= 4 is 18.1 Å². The Morgan fingerprint density at radius 2 is 1.56 bits per heavy atom. The van der Waals surface area contributed by atoms with Gasteiger partial charge in [-0.25, -0.2) is 9.59 Å². The van der Waals surface area contributed by atoms with Crippen LogP contribution in [0.5, 0.6) is 0 Å². The number of alkyl carbamates (subject to hydrolysis) is 1. The van der Waals surface area contributed by atoms with E-state index in [1.807, 2.05) is 38.1 Å². The lowest BCUT2D eigenvalue weighted by Gasteiger charge is -2.25. The number of methoxy groups -OCH3 is 1. The van der Waals surface area contributed by atoms with E-state index in [2.05, 4.69) is 45.0 Å². The highest BCUT2D eigenvalue weighted by atomic mass is 16.5. The minimum absolute atomic E-state index is 0.0495. The molecule has 32 heavy (non-hydrogen) atoms. The van der Waals surface area contributed by atoms with Gasteiger partial charge in [-0.1, -0.05) is 62.4 Å². The van der Waals surface area contributed by atoms with Crippen molar-refractivity contribution in [1.82, 2.24) is 16.0 Å². The Bertz CT molecular complexity index is 932. The van der Waals surface area contributed by atoms with Crippen LogP contribution >= 0.6 is 0 Å². The van der Waals surface area contributed by atoms with E-state index in [0.717, 1.165) is 22.3 Å². The first-order valence-electron chi connectivity index (χ1n) is 10.7. The average molecular weight is 440 g/mol. The van der Waals surface area contributed by atoms with Crippen LogP contribution in [0.3, 0.4) is 0 Å². The van der Waals surface area contributed by atoms with E-state index >= 15 is 0 Å². The van der Waals surface area contributed by atoms with Gasteiger partial charge in [0.1, 0.15) is 19.3 Å². The summed E-state index contributed by atoms with van der Waals surface area (Å²) < 4.78 is 10.1. The zero-order valence-electron chi connectivity index (χ0n) is 18.5. The van der Waals surface area contributed by atoms with Crippen molar-refractivity contribution in [1.29, 1.82) is 0 Å². The van der Waals surface area contributed by atoms with Gasteiger partial charge in [-0.05, 0) is 34.6 Å². The van der Waals surface area contributed by atoms with Crippen molar-refractivity contribution in [3.05, 3.63) is 59.7 Å². The molecule has 8 nitrogen and oxygen atoms in total. The summed E-state index contributed by atoms with van der Waals surface area (Å²) in [7, 11) is 1.24. The summed E-state index contributed by atoms with van der Waals surface area (Å²) in [5, 5.41) is 7.79. The molecule has 0 radical (unpaired) electrons. The Morgan fingerprint density at radius 3 is 2.12 bits per heavy atom. The monoisotopic (exact) mass is 439 g/mol. The fourth-order valence-electron chi connectivity index (χ4n) is 3.74. The van der Waals surface area contributed by atoms with E-state index in [9.17, 15) is 14.4 Å². The first kappa shape index (κ1) is 23.1. The number of fused-ring (bicyclic) bond motifs is 3. The van der Waals surface area contributed by atoms with E-state index in [1.165, 1.54) is 7.11 Å². The molecule has 3 rings (SSSR count). The van der Waals surface area contributed by atoms with Crippen LogP contribution in [0.4, 0.5) is 9.59 Å². The Kier molecular flexibility index (Phi) is 7.70. The van der Waals surface area contributed by atoms with Crippen LogP contribution in [0.2, 0.25) is 0 Å². The number of hydrogen-bond donors (Lipinski definition) is 3. The number of ether oxygens (including phenoxy) is 2. The standard InChI is InChI=1S/C24H29N3O5/c1-4-15(2)22(26-23(29)25-13-21(28)31-3)27-24(30)32-14-20-18-11-7-5-9-16(18)17-10-6-8-12-19(17)20/h5-12,15,20,22H,4,13-14H2,1-3H3,(H,27,30)(H2,25,26,29)/t15-,22-/m0/s1. The van der Waals surface area contributed by atoms with E-state index < -0.39 is 24.3 Å². The van der Waals surface area contributed by atoms with Crippen molar-refractivity contribution in [3.8, 4) is 11.1 Å². The number of carbonyl (C=O) groups excluding carboxylic acids is 3. The molecule has 8 heteroatoms. The average Bonchev–Trinajstić information content (AvgIpc) is 3.14. The third-order valence-electron chi connectivity index (χ3n) is 5.74. The van der Waals surface area contributed by atoms with E-state index in [4.69, 9.17) is 4.74 Å². The summed E-state index contributed by atoms with van der Waals surface area (Å²) in [4.78, 5) is 35.9. The molecule has 2 aromatic carbocycles. The molecule has 1 aliphatic carbocycles. The number of rotatable bonds is 8. The number of amides is 3. The summed E-state index contributed by atoms with van der Waals surface area (Å²) in [5.41, 5.74) is 4.55. The van der Waals surface area contributed by atoms with Gasteiger partial charge in [-0.2, -0.15) is 0 Å². The molecular weight excluding hydrogens is 410 g/mol. The van der Waals surface area contributed by atoms with Gasteiger partial charge in [0.05, 0.1) is 7.11 Å². The number of urea groups is 1. The SMILES string of the molecule is CC[C@H](C)[C@@H](NC(=O)NCC(=O)OC)NC(=O)OCC1c2ccccc2-c2ccccc21. The molecule has 2 aromatic rings. The van der Waals surface area contributed by atoms with Crippen molar-refractivity contribution in [3.63, 3.8) is 0 Å². The predicted octanol–water partition coefficient (Wildman–Crippen LogP) is 3.37. The maximum absolute atomic E-state index is 12.6. The molecule has 0 aromatic heterocycles. The van der Waals surface area contributed by atoms with Crippen LogP contribution in [-0.2, 0) is 14.3 Å². The molecule has 2 atom stereocenters. The maximum Gasteiger partial charge on any atom is 0.408 e. The van der Waals surface area contributed by atoms with Gasteiger partial charge in [0.25, 0.3) is 0 Å². The Balaban J connectivity index is 1.61. The summed E-state index contributed by atoms with van der Waals surface area (Å²) >= 11 is 0. The Hall–Kier alpha value is -3.55. The topological polar surface area (TPSA) is 106 Å². The summed E-state index contributed by atoms with van der Waals surface area (Å²) in [5.74, 6) is -0.671. The molecule has 1 aliphatic rings. The summed E-state index contributed by atoms with van der Waals surface area (Å²) in [6.45, 7) is 3.77. The zero-order chi connectivity index (χ0) is 23.1.